The summed E-state index contributed by atoms with van der Waals surface area (Å²) in [6.45, 7) is 1.97. The number of ether oxygens (including phenoxy) is 1. The minimum absolute atomic E-state index is 0. The molecule has 0 unspecified atom stereocenters. The smallest absolute Gasteiger partial charge is 0.134 e. The minimum Gasteiger partial charge on any atom is -0.488 e. The van der Waals surface area contributed by atoms with Crippen LogP contribution in [0.25, 0.3) is 0 Å². The molecule has 0 radical (unpaired) electrons. The number of nitrogens with one attached hydrogen (secondary N) is 1. The van der Waals surface area contributed by atoms with Crippen LogP contribution in [-0.4, -0.2) is 0 Å². The summed E-state index contributed by atoms with van der Waals surface area (Å²) in [7, 11) is 0. The van der Waals surface area contributed by atoms with Gasteiger partial charge in [0.2, 0.25) is 0 Å². The third-order valence-electron chi connectivity index (χ3n) is 3.80. The van der Waals surface area contributed by atoms with Gasteiger partial charge < -0.3 is 10.1 Å². The van der Waals surface area contributed by atoms with Crippen molar-refractivity contribution in [3.05, 3.63) is 99.8 Å². The molecule has 2 nitrogen and oxygen atoms in total. The van der Waals surface area contributed by atoms with E-state index >= 15 is 0 Å². The van der Waals surface area contributed by atoms with Crippen molar-refractivity contribution < 1.29 is 9.13 Å². The van der Waals surface area contributed by atoms with Gasteiger partial charge in [-0.15, -0.1) is 12.4 Å². The summed E-state index contributed by atoms with van der Waals surface area (Å²) in [5.41, 5.74) is 3.35. The van der Waals surface area contributed by atoms with E-state index in [4.69, 9.17) is 4.74 Å². The standard InChI is InChI=1S/C21H19BrFNO.ClH/c22-20-12-18(14-24-13-16-6-9-19(23)10-7-16)8-11-21(20)25-15-17-4-2-1-3-5-17;/h1-12,24H,13-15H2;1H. The summed E-state index contributed by atoms with van der Waals surface area (Å²) >= 11 is 3.57. The number of benzene rings is 3. The first-order chi connectivity index (χ1) is 12.2. The molecule has 0 aliphatic heterocycles. The van der Waals surface area contributed by atoms with Crippen LogP contribution in [0, 0.1) is 5.82 Å². The number of hydrogen-bond acceptors (Lipinski definition) is 2. The molecule has 0 aromatic heterocycles. The van der Waals surface area contributed by atoms with Crippen molar-refractivity contribution in [3.63, 3.8) is 0 Å². The van der Waals surface area contributed by atoms with Gasteiger partial charge in [0.05, 0.1) is 4.47 Å². The zero-order valence-corrected chi connectivity index (χ0v) is 16.5. The van der Waals surface area contributed by atoms with Crippen molar-refractivity contribution in [1.82, 2.24) is 5.32 Å². The van der Waals surface area contributed by atoms with Gasteiger partial charge in [-0.05, 0) is 56.9 Å². The van der Waals surface area contributed by atoms with Crippen LogP contribution in [-0.2, 0) is 19.7 Å². The lowest BCUT2D eigenvalue weighted by Crippen LogP contribution is -2.12. The summed E-state index contributed by atoms with van der Waals surface area (Å²) in [6.07, 6.45) is 0. The number of halogens is 3. The molecule has 3 aromatic carbocycles. The van der Waals surface area contributed by atoms with Crippen molar-refractivity contribution in [2.24, 2.45) is 0 Å². The Morgan fingerprint density at radius 2 is 1.46 bits per heavy atom. The molecule has 26 heavy (non-hydrogen) atoms. The van der Waals surface area contributed by atoms with E-state index in [2.05, 4.69) is 27.3 Å². The fourth-order valence-corrected chi connectivity index (χ4v) is 3.00. The van der Waals surface area contributed by atoms with Crippen molar-refractivity contribution in [3.8, 4) is 5.75 Å². The lowest BCUT2D eigenvalue weighted by atomic mass is 10.2. The van der Waals surface area contributed by atoms with E-state index in [-0.39, 0.29) is 18.2 Å². The van der Waals surface area contributed by atoms with Gasteiger partial charge in [-0.3, -0.25) is 0 Å². The molecule has 5 heteroatoms. The van der Waals surface area contributed by atoms with Gasteiger partial charge in [0, 0.05) is 13.1 Å². The Labute approximate surface area is 167 Å². The first-order valence-corrected chi connectivity index (χ1v) is 8.90. The highest BCUT2D eigenvalue weighted by atomic mass is 79.9. The van der Waals surface area contributed by atoms with Gasteiger partial charge in [0.1, 0.15) is 18.2 Å². The minimum atomic E-state index is -0.209. The second-order valence-corrected chi connectivity index (χ2v) is 6.62. The fraction of sp³-hybridized carbons (Fsp3) is 0.143. The van der Waals surface area contributed by atoms with Crippen LogP contribution < -0.4 is 10.1 Å². The van der Waals surface area contributed by atoms with Gasteiger partial charge >= 0.3 is 0 Å². The average molecular weight is 437 g/mol. The summed E-state index contributed by atoms with van der Waals surface area (Å²) < 4.78 is 19.7. The van der Waals surface area contributed by atoms with Crippen LogP contribution >= 0.6 is 28.3 Å². The molecule has 3 aromatic rings. The van der Waals surface area contributed by atoms with Crippen LogP contribution in [0.15, 0.2) is 77.3 Å². The van der Waals surface area contributed by atoms with Crippen molar-refractivity contribution >= 4 is 28.3 Å². The summed E-state index contributed by atoms with van der Waals surface area (Å²) in [4.78, 5) is 0. The van der Waals surface area contributed by atoms with Crippen LogP contribution in [0.3, 0.4) is 0 Å². The van der Waals surface area contributed by atoms with Crippen molar-refractivity contribution in [1.29, 1.82) is 0 Å². The van der Waals surface area contributed by atoms with Gasteiger partial charge in [-0.1, -0.05) is 48.5 Å². The van der Waals surface area contributed by atoms with E-state index in [0.717, 1.165) is 33.5 Å². The Bertz CT molecular complexity index is 812. The van der Waals surface area contributed by atoms with Crippen molar-refractivity contribution in [2.75, 3.05) is 0 Å². The van der Waals surface area contributed by atoms with E-state index in [1.54, 1.807) is 12.1 Å². The zero-order valence-electron chi connectivity index (χ0n) is 14.1. The summed E-state index contributed by atoms with van der Waals surface area (Å²) in [5, 5.41) is 3.36. The molecule has 136 valence electrons. The zero-order chi connectivity index (χ0) is 17.5. The van der Waals surface area contributed by atoms with E-state index in [1.807, 2.05) is 42.5 Å². The molecule has 0 fully saturated rings. The van der Waals surface area contributed by atoms with Gasteiger partial charge in [-0.2, -0.15) is 0 Å². The van der Waals surface area contributed by atoms with Crippen LogP contribution in [0.2, 0.25) is 0 Å². The molecule has 0 saturated heterocycles. The van der Waals surface area contributed by atoms with Crippen LogP contribution in [0.4, 0.5) is 4.39 Å². The van der Waals surface area contributed by atoms with Gasteiger partial charge in [-0.25, -0.2) is 4.39 Å². The summed E-state index contributed by atoms with van der Waals surface area (Å²) in [5.74, 6) is 0.616. The van der Waals surface area contributed by atoms with Gasteiger partial charge in [0.25, 0.3) is 0 Å². The fourth-order valence-electron chi connectivity index (χ4n) is 2.46. The molecule has 0 aliphatic rings. The third-order valence-corrected chi connectivity index (χ3v) is 4.42. The molecule has 0 bridgehead atoms. The number of rotatable bonds is 7. The third kappa shape index (κ3) is 6.13. The first kappa shape index (κ1) is 20.4. The van der Waals surface area contributed by atoms with Crippen molar-refractivity contribution in [2.45, 2.75) is 19.7 Å². The molecule has 0 heterocycles. The molecular formula is C21H20BrClFNO. The highest BCUT2D eigenvalue weighted by molar-refractivity contribution is 9.10. The normalized spacial score (nSPS) is 10.2. The lowest BCUT2D eigenvalue weighted by Gasteiger charge is -2.11. The Balaban J connectivity index is 0.00000243. The Hall–Kier alpha value is -1.88. The quantitative estimate of drug-likeness (QED) is 0.499. The molecule has 0 saturated carbocycles. The molecule has 0 spiro atoms. The maximum atomic E-state index is 12.9. The Morgan fingerprint density at radius 3 is 2.15 bits per heavy atom. The Kier molecular flexibility index (Phi) is 8.10. The largest absolute Gasteiger partial charge is 0.488 e. The maximum Gasteiger partial charge on any atom is 0.134 e. The monoisotopic (exact) mass is 435 g/mol. The van der Waals surface area contributed by atoms with Crippen LogP contribution in [0.5, 0.6) is 5.75 Å². The second-order valence-electron chi connectivity index (χ2n) is 5.77. The average Bonchev–Trinajstić information content (AvgIpc) is 2.63. The van der Waals surface area contributed by atoms with E-state index in [1.165, 1.54) is 12.1 Å². The molecular weight excluding hydrogens is 417 g/mol. The summed E-state index contributed by atoms with van der Waals surface area (Å²) in [6, 6.07) is 22.7. The molecule has 0 aliphatic carbocycles. The predicted octanol–water partition coefficient (Wildman–Crippen LogP) is 5.88. The first-order valence-electron chi connectivity index (χ1n) is 8.11. The second kappa shape index (κ2) is 10.3. The van der Waals surface area contributed by atoms with Gasteiger partial charge in [0.15, 0.2) is 0 Å². The molecule has 0 atom stereocenters. The molecule has 0 amide bonds. The number of hydrogen-bond donors (Lipinski definition) is 1. The highest BCUT2D eigenvalue weighted by Crippen LogP contribution is 2.27. The molecule has 3 rings (SSSR count). The Morgan fingerprint density at radius 1 is 0.808 bits per heavy atom. The van der Waals surface area contributed by atoms with E-state index in [0.29, 0.717) is 13.2 Å². The highest BCUT2D eigenvalue weighted by Gasteiger charge is 2.04. The lowest BCUT2D eigenvalue weighted by molar-refractivity contribution is 0.304. The topological polar surface area (TPSA) is 21.3 Å². The van der Waals surface area contributed by atoms with E-state index in [9.17, 15) is 4.39 Å². The SMILES string of the molecule is Cl.Fc1ccc(CNCc2ccc(OCc3ccccc3)c(Br)c2)cc1. The molecule has 1 N–H and O–H groups in total. The van der Waals surface area contributed by atoms with E-state index < -0.39 is 0 Å². The maximum absolute atomic E-state index is 12.9. The predicted molar refractivity (Wildman–Crippen MR) is 109 cm³/mol. The van der Waals surface area contributed by atoms with Crippen LogP contribution in [0.1, 0.15) is 16.7 Å².